The minimum Gasteiger partial charge on any atom is -0.376 e. The fraction of sp³-hybridized carbons (Fsp3) is 0.350. The number of carbonyl (C=O) groups excluding carboxylic acids is 1. The third-order valence-electron chi connectivity index (χ3n) is 4.47. The zero-order valence-corrected chi connectivity index (χ0v) is 14.2. The number of para-hydroxylation sites is 1. The van der Waals surface area contributed by atoms with Gasteiger partial charge < -0.3 is 10.1 Å². The zero-order valence-electron chi connectivity index (χ0n) is 14.2. The molecule has 126 valence electrons. The van der Waals surface area contributed by atoms with Gasteiger partial charge in [-0.25, -0.2) is 0 Å². The van der Waals surface area contributed by atoms with Crippen LogP contribution < -0.4 is 5.32 Å². The van der Waals surface area contributed by atoms with Crippen LogP contribution in [0.2, 0.25) is 0 Å². The summed E-state index contributed by atoms with van der Waals surface area (Å²) in [5, 5.41) is 3.10. The Bertz CT molecular complexity index is 687. The van der Waals surface area contributed by atoms with Crippen LogP contribution in [-0.4, -0.2) is 42.6 Å². The summed E-state index contributed by atoms with van der Waals surface area (Å²) in [5.74, 6) is 0.0208. The molecule has 2 aromatic carbocycles. The molecule has 1 saturated heterocycles. The molecular weight excluding hydrogens is 300 g/mol. The van der Waals surface area contributed by atoms with Crippen molar-refractivity contribution in [1.82, 2.24) is 4.90 Å². The largest absolute Gasteiger partial charge is 0.376 e. The van der Waals surface area contributed by atoms with Crippen molar-refractivity contribution in [3.05, 3.63) is 54.6 Å². The summed E-state index contributed by atoms with van der Waals surface area (Å²) in [6.07, 6.45) is 0.172. The molecule has 0 aliphatic carbocycles. The number of hydrogen-bond acceptors (Lipinski definition) is 3. The van der Waals surface area contributed by atoms with E-state index < -0.39 is 0 Å². The second-order valence-corrected chi connectivity index (χ2v) is 6.25. The summed E-state index contributed by atoms with van der Waals surface area (Å²) in [6.45, 7) is 6.26. The Labute approximate surface area is 143 Å². The van der Waals surface area contributed by atoms with Gasteiger partial charge in [0.15, 0.2) is 0 Å². The second-order valence-electron chi connectivity index (χ2n) is 6.25. The highest BCUT2D eigenvalue weighted by molar-refractivity contribution is 5.98. The summed E-state index contributed by atoms with van der Waals surface area (Å²) >= 11 is 0. The predicted molar refractivity (Wildman–Crippen MR) is 97.0 cm³/mol. The summed E-state index contributed by atoms with van der Waals surface area (Å²) in [5.41, 5.74) is 2.98. The third-order valence-corrected chi connectivity index (χ3v) is 4.47. The van der Waals surface area contributed by atoms with Crippen LogP contribution in [0.3, 0.4) is 0 Å². The Balaban J connectivity index is 1.75. The lowest BCUT2D eigenvalue weighted by molar-refractivity contribution is -0.123. The molecule has 2 atom stereocenters. The zero-order chi connectivity index (χ0) is 16.9. The van der Waals surface area contributed by atoms with Gasteiger partial charge in [-0.15, -0.1) is 0 Å². The van der Waals surface area contributed by atoms with Gasteiger partial charge in [0.2, 0.25) is 5.91 Å². The van der Waals surface area contributed by atoms with Gasteiger partial charge in [-0.05, 0) is 25.5 Å². The molecule has 1 heterocycles. The van der Waals surface area contributed by atoms with Crippen LogP contribution >= 0.6 is 0 Å². The van der Waals surface area contributed by atoms with Crippen LogP contribution in [0.25, 0.3) is 11.1 Å². The Kier molecular flexibility index (Phi) is 5.28. The van der Waals surface area contributed by atoms with E-state index in [2.05, 4.69) is 22.3 Å². The Hall–Kier alpha value is -2.17. The van der Waals surface area contributed by atoms with E-state index in [9.17, 15) is 4.79 Å². The molecule has 1 fully saturated rings. The highest BCUT2D eigenvalue weighted by atomic mass is 16.5. The van der Waals surface area contributed by atoms with Crippen LogP contribution in [0.4, 0.5) is 5.69 Å². The first-order valence-corrected chi connectivity index (χ1v) is 8.46. The SMILES string of the molecule is C[C@@H]1CN([C@H](C)C(=O)Nc2ccccc2-c2ccccc2)CCO1. The number of morpholine rings is 1. The molecular formula is C20H24N2O2. The monoisotopic (exact) mass is 324 g/mol. The van der Waals surface area contributed by atoms with Crippen molar-refractivity contribution in [2.75, 3.05) is 25.0 Å². The van der Waals surface area contributed by atoms with E-state index in [1.807, 2.05) is 56.3 Å². The van der Waals surface area contributed by atoms with Crippen LogP contribution in [0.5, 0.6) is 0 Å². The van der Waals surface area contributed by atoms with Gasteiger partial charge in [0, 0.05) is 24.3 Å². The molecule has 0 saturated carbocycles. The van der Waals surface area contributed by atoms with Crippen LogP contribution in [-0.2, 0) is 9.53 Å². The van der Waals surface area contributed by atoms with E-state index >= 15 is 0 Å². The molecule has 0 aromatic heterocycles. The first-order valence-electron chi connectivity index (χ1n) is 8.46. The number of carbonyl (C=O) groups is 1. The highest BCUT2D eigenvalue weighted by Crippen LogP contribution is 2.27. The first kappa shape index (κ1) is 16.7. The number of benzene rings is 2. The maximum atomic E-state index is 12.7. The Morgan fingerprint density at radius 1 is 1.17 bits per heavy atom. The standard InChI is InChI=1S/C20H24N2O2/c1-15-14-22(12-13-24-15)16(2)20(23)21-19-11-7-6-10-18(19)17-8-4-3-5-9-17/h3-11,15-16H,12-14H2,1-2H3,(H,21,23)/t15-,16-/m1/s1. The smallest absolute Gasteiger partial charge is 0.241 e. The van der Waals surface area contributed by atoms with Crippen molar-refractivity contribution >= 4 is 11.6 Å². The van der Waals surface area contributed by atoms with Crippen molar-refractivity contribution in [1.29, 1.82) is 0 Å². The maximum Gasteiger partial charge on any atom is 0.241 e. The van der Waals surface area contributed by atoms with Gasteiger partial charge in [0.1, 0.15) is 0 Å². The molecule has 0 unspecified atom stereocenters. The van der Waals surface area contributed by atoms with Crippen molar-refractivity contribution in [3.63, 3.8) is 0 Å². The van der Waals surface area contributed by atoms with E-state index in [1.165, 1.54) is 0 Å². The number of nitrogens with zero attached hydrogens (tertiary/aromatic N) is 1. The Morgan fingerprint density at radius 3 is 2.62 bits per heavy atom. The predicted octanol–water partition coefficient (Wildman–Crippen LogP) is 3.40. The number of nitrogens with one attached hydrogen (secondary N) is 1. The lowest BCUT2D eigenvalue weighted by Gasteiger charge is -2.34. The summed E-state index contributed by atoms with van der Waals surface area (Å²) in [7, 11) is 0. The van der Waals surface area contributed by atoms with Crippen LogP contribution in [0.15, 0.2) is 54.6 Å². The minimum atomic E-state index is -0.180. The van der Waals surface area contributed by atoms with Gasteiger partial charge in [-0.3, -0.25) is 9.69 Å². The molecule has 4 nitrogen and oxygen atoms in total. The second kappa shape index (κ2) is 7.60. The highest BCUT2D eigenvalue weighted by Gasteiger charge is 2.26. The molecule has 0 bridgehead atoms. The van der Waals surface area contributed by atoms with Crippen molar-refractivity contribution < 1.29 is 9.53 Å². The molecule has 1 amide bonds. The maximum absolute atomic E-state index is 12.7. The molecule has 1 aliphatic rings. The molecule has 1 aliphatic heterocycles. The van der Waals surface area contributed by atoms with Gasteiger partial charge in [-0.2, -0.15) is 0 Å². The number of rotatable bonds is 4. The number of amides is 1. The van der Waals surface area contributed by atoms with Gasteiger partial charge in [0.25, 0.3) is 0 Å². The van der Waals surface area contributed by atoms with Crippen molar-refractivity contribution in [2.45, 2.75) is 26.0 Å². The number of anilines is 1. The molecule has 1 N–H and O–H groups in total. The minimum absolute atomic E-state index is 0.0208. The van der Waals surface area contributed by atoms with Gasteiger partial charge in [0.05, 0.1) is 18.8 Å². The van der Waals surface area contributed by atoms with E-state index in [0.717, 1.165) is 29.9 Å². The average molecular weight is 324 g/mol. The Morgan fingerprint density at radius 2 is 1.88 bits per heavy atom. The normalized spacial score (nSPS) is 19.7. The van der Waals surface area contributed by atoms with E-state index in [0.29, 0.717) is 6.61 Å². The van der Waals surface area contributed by atoms with E-state index in [-0.39, 0.29) is 18.1 Å². The molecule has 24 heavy (non-hydrogen) atoms. The van der Waals surface area contributed by atoms with E-state index in [4.69, 9.17) is 4.74 Å². The molecule has 0 spiro atoms. The summed E-state index contributed by atoms with van der Waals surface area (Å²) in [4.78, 5) is 14.9. The van der Waals surface area contributed by atoms with Crippen molar-refractivity contribution in [3.8, 4) is 11.1 Å². The molecule has 0 radical (unpaired) electrons. The van der Waals surface area contributed by atoms with Gasteiger partial charge >= 0.3 is 0 Å². The third kappa shape index (κ3) is 3.83. The lowest BCUT2D eigenvalue weighted by atomic mass is 10.0. The molecule has 3 rings (SSSR count). The van der Waals surface area contributed by atoms with Crippen molar-refractivity contribution in [2.24, 2.45) is 0 Å². The first-order chi connectivity index (χ1) is 11.6. The van der Waals surface area contributed by atoms with E-state index in [1.54, 1.807) is 0 Å². The summed E-state index contributed by atoms with van der Waals surface area (Å²) < 4.78 is 5.56. The molecule has 2 aromatic rings. The fourth-order valence-corrected chi connectivity index (χ4v) is 3.06. The van der Waals surface area contributed by atoms with Crippen LogP contribution in [0.1, 0.15) is 13.8 Å². The average Bonchev–Trinajstić information content (AvgIpc) is 2.62. The number of hydrogen-bond donors (Lipinski definition) is 1. The number of ether oxygens (including phenoxy) is 1. The quantitative estimate of drug-likeness (QED) is 0.937. The van der Waals surface area contributed by atoms with Gasteiger partial charge in [-0.1, -0.05) is 48.5 Å². The molecule has 4 heteroatoms. The topological polar surface area (TPSA) is 41.6 Å². The lowest BCUT2D eigenvalue weighted by Crippen LogP contribution is -2.50. The fourth-order valence-electron chi connectivity index (χ4n) is 3.06. The van der Waals surface area contributed by atoms with Crippen LogP contribution in [0, 0.1) is 0 Å². The summed E-state index contributed by atoms with van der Waals surface area (Å²) in [6, 6.07) is 17.9.